The minimum atomic E-state index is -1.24. The summed E-state index contributed by atoms with van der Waals surface area (Å²) < 4.78 is 9.98. The molecule has 0 radical (unpaired) electrons. The highest BCUT2D eigenvalue weighted by molar-refractivity contribution is 6.07. The molecule has 1 unspecified atom stereocenters. The monoisotopic (exact) mass is 392 g/mol. The van der Waals surface area contributed by atoms with Crippen molar-refractivity contribution >= 4 is 23.9 Å². The normalized spacial score (nSPS) is 17.5. The first-order valence-corrected chi connectivity index (χ1v) is 9.00. The summed E-state index contributed by atoms with van der Waals surface area (Å²) in [6.07, 6.45) is -0.640. The maximum atomic E-state index is 12.1. The van der Waals surface area contributed by atoms with Gasteiger partial charge in [0.15, 0.2) is 0 Å². The molecule has 2 N–H and O–H groups in total. The van der Waals surface area contributed by atoms with Crippen molar-refractivity contribution in [1.29, 1.82) is 0 Å². The van der Waals surface area contributed by atoms with E-state index < -0.39 is 36.0 Å². The van der Waals surface area contributed by atoms with Gasteiger partial charge in [-0.3, -0.25) is 14.5 Å². The molecule has 0 spiro atoms. The van der Waals surface area contributed by atoms with Crippen molar-refractivity contribution in [3.63, 3.8) is 0 Å². The number of carboxylic acids is 1. The van der Waals surface area contributed by atoms with Crippen LogP contribution in [0, 0.1) is 0 Å². The molecular weight excluding hydrogens is 368 g/mol. The van der Waals surface area contributed by atoms with E-state index in [1.54, 1.807) is 0 Å². The minimum absolute atomic E-state index is 0.101. The molecule has 2 atom stereocenters. The number of rotatable bonds is 10. The number of amides is 3. The summed E-state index contributed by atoms with van der Waals surface area (Å²) >= 11 is 0. The van der Waals surface area contributed by atoms with Crippen molar-refractivity contribution in [2.45, 2.75) is 44.4 Å². The van der Waals surface area contributed by atoms with E-state index in [9.17, 15) is 24.3 Å². The number of ether oxygens (including phenoxy) is 2. The second-order valence-electron chi connectivity index (χ2n) is 6.37. The number of benzene rings is 1. The molecule has 1 aliphatic rings. The third-order valence-electron chi connectivity index (χ3n) is 4.41. The van der Waals surface area contributed by atoms with Gasteiger partial charge >= 0.3 is 12.1 Å². The first-order chi connectivity index (χ1) is 13.4. The lowest BCUT2D eigenvalue weighted by molar-refractivity contribution is -0.156. The van der Waals surface area contributed by atoms with Gasteiger partial charge in [-0.05, 0) is 24.8 Å². The van der Waals surface area contributed by atoms with E-state index in [4.69, 9.17) is 9.47 Å². The second kappa shape index (κ2) is 10.4. The Hall–Kier alpha value is -2.94. The fraction of sp³-hybridized carbons (Fsp3) is 0.474. The van der Waals surface area contributed by atoms with Crippen molar-refractivity contribution in [2.75, 3.05) is 13.7 Å². The van der Waals surface area contributed by atoms with E-state index in [2.05, 4.69) is 5.32 Å². The predicted octanol–water partition coefficient (Wildman–Crippen LogP) is 1.31. The van der Waals surface area contributed by atoms with Crippen molar-refractivity contribution in [3.05, 3.63) is 35.9 Å². The molecule has 28 heavy (non-hydrogen) atoms. The van der Waals surface area contributed by atoms with Crippen LogP contribution in [0.5, 0.6) is 0 Å². The third-order valence-corrected chi connectivity index (χ3v) is 4.41. The number of carboxylic acid groups (broad SMARTS) is 1. The van der Waals surface area contributed by atoms with Gasteiger partial charge in [0.25, 0.3) is 5.91 Å². The second-order valence-corrected chi connectivity index (χ2v) is 6.37. The van der Waals surface area contributed by atoms with E-state index in [0.717, 1.165) is 10.5 Å². The number of hydrogen-bond acceptors (Lipinski definition) is 6. The van der Waals surface area contributed by atoms with Gasteiger partial charge in [0, 0.05) is 13.7 Å². The number of nitrogens with one attached hydrogen (secondary N) is 1. The van der Waals surface area contributed by atoms with Crippen LogP contribution < -0.4 is 5.32 Å². The number of methoxy groups -OCH3 is 1. The molecule has 2 rings (SSSR count). The molecule has 152 valence electrons. The largest absolute Gasteiger partial charge is 0.480 e. The summed E-state index contributed by atoms with van der Waals surface area (Å²) in [5, 5.41) is 12.0. The SMILES string of the molecule is COC1CC(=O)N([C@@H](CCCCNC(=O)OCc2ccccc2)C(=O)O)C1=O. The highest BCUT2D eigenvalue weighted by atomic mass is 16.5. The summed E-state index contributed by atoms with van der Waals surface area (Å²) in [4.78, 5) is 48.0. The smallest absolute Gasteiger partial charge is 0.407 e. The number of likely N-dealkylation sites (tertiary alicyclic amines) is 1. The lowest BCUT2D eigenvalue weighted by Gasteiger charge is -2.22. The molecule has 3 amide bonds. The maximum absolute atomic E-state index is 12.1. The number of carbonyl (C=O) groups excluding carboxylic acids is 3. The van der Waals surface area contributed by atoms with Crippen molar-refractivity contribution in [2.24, 2.45) is 0 Å². The van der Waals surface area contributed by atoms with Crippen LogP contribution in [-0.4, -0.2) is 59.7 Å². The van der Waals surface area contributed by atoms with Crippen LogP contribution in [0.3, 0.4) is 0 Å². The summed E-state index contributed by atoms with van der Waals surface area (Å²) in [6.45, 7) is 0.455. The summed E-state index contributed by atoms with van der Waals surface area (Å²) in [5.74, 6) is -2.41. The molecule has 1 saturated heterocycles. The minimum Gasteiger partial charge on any atom is -0.480 e. The quantitative estimate of drug-likeness (QED) is 0.455. The predicted molar refractivity (Wildman–Crippen MR) is 97.2 cm³/mol. The average molecular weight is 392 g/mol. The molecule has 0 aromatic heterocycles. The number of carbonyl (C=O) groups is 4. The zero-order chi connectivity index (χ0) is 20.5. The van der Waals surface area contributed by atoms with Crippen LogP contribution in [0.2, 0.25) is 0 Å². The standard InChI is InChI=1S/C19H24N2O7/c1-27-15-11-16(22)21(17(15)23)14(18(24)25)9-5-6-10-20-19(26)28-12-13-7-3-2-4-8-13/h2-4,7-8,14-15H,5-6,9-12H2,1H3,(H,20,26)(H,24,25)/t14-,15?/m0/s1. The van der Waals surface area contributed by atoms with Crippen LogP contribution in [0.15, 0.2) is 30.3 Å². The highest BCUT2D eigenvalue weighted by Crippen LogP contribution is 2.21. The number of nitrogens with zero attached hydrogens (tertiary/aromatic N) is 1. The fourth-order valence-electron chi connectivity index (χ4n) is 2.92. The Balaban J connectivity index is 1.70. The topological polar surface area (TPSA) is 122 Å². The average Bonchev–Trinajstić information content (AvgIpc) is 2.97. The van der Waals surface area contributed by atoms with Gasteiger partial charge in [-0.25, -0.2) is 9.59 Å². The van der Waals surface area contributed by atoms with E-state index in [1.807, 2.05) is 30.3 Å². The van der Waals surface area contributed by atoms with Crippen LogP contribution in [0.25, 0.3) is 0 Å². The van der Waals surface area contributed by atoms with Crippen LogP contribution in [-0.2, 0) is 30.5 Å². The number of unbranched alkanes of at least 4 members (excludes halogenated alkanes) is 1. The van der Waals surface area contributed by atoms with Crippen molar-refractivity contribution in [3.8, 4) is 0 Å². The van der Waals surface area contributed by atoms with Gasteiger partial charge < -0.3 is 19.9 Å². The Kier molecular flexibility index (Phi) is 7.94. The first-order valence-electron chi connectivity index (χ1n) is 9.00. The Bertz CT molecular complexity index is 707. The fourth-order valence-corrected chi connectivity index (χ4v) is 2.92. The zero-order valence-electron chi connectivity index (χ0n) is 15.6. The Labute approximate surface area is 162 Å². The van der Waals surface area contributed by atoms with E-state index >= 15 is 0 Å². The van der Waals surface area contributed by atoms with E-state index in [0.29, 0.717) is 19.4 Å². The van der Waals surface area contributed by atoms with Crippen LogP contribution >= 0.6 is 0 Å². The van der Waals surface area contributed by atoms with Crippen LogP contribution in [0.1, 0.15) is 31.2 Å². The molecule has 9 heteroatoms. The molecule has 0 aliphatic carbocycles. The molecule has 9 nitrogen and oxygen atoms in total. The maximum Gasteiger partial charge on any atom is 0.407 e. The van der Waals surface area contributed by atoms with Gasteiger partial charge in [-0.15, -0.1) is 0 Å². The lowest BCUT2D eigenvalue weighted by atomic mass is 10.1. The number of aliphatic carboxylic acids is 1. The Morgan fingerprint density at radius 1 is 1.25 bits per heavy atom. The molecular formula is C19H24N2O7. The van der Waals surface area contributed by atoms with E-state index in [-0.39, 0.29) is 19.4 Å². The third kappa shape index (κ3) is 5.78. The molecule has 1 aliphatic heterocycles. The molecule has 0 saturated carbocycles. The molecule has 1 aromatic rings. The highest BCUT2D eigenvalue weighted by Gasteiger charge is 2.44. The van der Waals surface area contributed by atoms with Crippen molar-refractivity contribution < 1.29 is 33.8 Å². The summed E-state index contributed by atoms with van der Waals surface area (Å²) in [5.41, 5.74) is 0.872. The van der Waals surface area contributed by atoms with Crippen LogP contribution in [0.4, 0.5) is 4.79 Å². The number of imide groups is 1. The molecule has 1 fully saturated rings. The van der Waals surface area contributed by atoms with Gasteiger partial charge in [-0.2, -0.15) is 0 Å². The van der Waals surface area contributed by atoms with Gasteiger partial charge in [-0.1, -0.05) is 30.3 Å². The number of alkyl carbamates (subject to hydrolysis) is 1. The summed E-state index contributed by atoms with van der Waals surface area (Å²) in [7, 11) is 1.30. The van der Waals surface area contributed by atoms with Gasteiger partial charge in [0.1, 0.15) is 18.8 Å². The van der Waals surface area contributed by atoms with E-state index in [1.165, 1.54) is 7.11 Å². The van der Waals surface area contributed by atoms with Gasteiger partial charge in [0.05, 0.1) is 6.42 Å². The molecule has 1 aromatic carbocycles. The Morgan fingerprint density at radius 3 is 2.57 bits per heavy atom. The van der Waals surface area contributed by atoms with Gasteiger partial charge in [0.2, 0.25) is 5.91 Å². The molecule has 0 bridgehead atoms. The Morgan fingerprint density at radius 2 is 1.96 bits per heavy atom. The molecule has 1 heterocycles. The lowest BCUT2D eigenvalue weighted by Crippen LogP contribution is -2.46. The zero-order valence-corrected chi connectivity index (χ0v) is 15.6. The van der Waals surface area contributed by atoms with Crippen molar-refractivity contribution in [1.82, 2.24) is 10.2 Å². The summed E-state index contributed by atoms with van der Waals surface area (Å²) in [6, 6.07) is 8.01. The first kappa shape index (κ1) is 21.4. The number of hydrogen-bond donors (Lipinski definition) is 2.